The molecule has 1 atom stereocenters. The maximum Gasteiger partial charge on any atom is 0.416 e. The Morgan fingerprint density at radius 1 is 1.16 bits per heavy atom. The Morgan fingerprint density at radius 2 is 1.97 bits per heavy atom. The molecule has 4 heterocycles. The van der Waals surface area contributed by atoms with Crippen molar-refractivity contribution in [2.75, 3.05) is 24.6 Å². The van der Waals surface area contributed by atoms with Crippen molar-refractivity contribution in [3.63, 3.8) is 0 Å². The van der Waals surface area contributed by atoms with Crippen LogP contribution >= 0.6 is 0 Å². The number of benzene rings is 1. The van der Waals surface area contributed by atoms with Crippen LogP contribution < -0.4 is 4.90 Å². The molecule has 5 nitrogen and oxygen atoms in total. The van der Waals surface area contributed by atoms with Gasteiger partial charge in [-0.2, -0.15) is 13.2 Å². The fourth-order valence-corrected chi connectivity index (χ4v) is 4.80. The van der Waals surface area contributed by atoms with Gasteiger partial charge >= 0.3 is 6.18 Å². The van der Waals surface area contributed by atoms with Gasteiger partial charge in [-0.15, -0.1) is 0 Å². The summed E-state index contributed by atoms with van der Waals surface area (Å²) in [7, 11) is 0. The summed E-state index contributed by atoms with van der Waals surface area (Å²) < 4.78 is 45.0. The summed E-state index contributed by atoms with van der Waals surface area (Å²) in [5, 5.41) is 0. The number of aromatic amines is 1. The van der Waals surface area contributed by atoms with Crippen molar-refractivity contribution in [1.29, 1.82) is 0 Å². The minimum Gasteiger partial charge on any atom is -0.375 e. The maximum absolute atomic E-state index is 12.9. The topological polar surface area (TPSA) is 54.0 Å². The minimum atomic E-state index is -4.38. The maximum atomic E-state index is 12.9. The molecule has 31 heavy (non-hydrogen) atoms. The predicted molar refractivity (Wildman–Crippen MR) is 113 cm³/mol. The van der Waals surface area contributed by atoms with Gasteiger partial charge in [-0.3, -0.25) is 0 Å². The lowest BCUT2D eigenvalue weighted by atomic mass is 9.80. The van der Waals surface area contributed by atoms with Crippen molar-refractivity contribution in [2.24, 2.45) is 5.92 Å². The van der Waals surface area contributed by atoms with E-state index in [9.17, 15) is 13.2 Å². The first kappa shape index (κ1) is 20.3. The van der Waals surface area contributed by atoms with Crippen LogP contribution in [0.1, 0.15) is 38.2 Å². The molecule has 0 saturated carbocycles. The van der Waals surface area contributed by atoms with Crippen LogP contribution in [-0.2, 0) is 10.9 Å². The van der Waals surface area contributed by atoms with E-state index in [1.165, 1.54) is 6.07 Å². The van der Waals surface area contributed by atoms with Crippen LogP contribution in [0.2, 0.25) is 0 Å². The van der Waals surface area contributed by atoms with Gasteiger partial charge in [0.05, 0.1) is 22.2 Å². The first-order valence-corrected chi connectivity index (χ1v) is 10.7. The van der Waals surface area contributed by atoms with Gasteiger partial charge in [-0.25, -0.2) is 9.97 Å². The van der Waals surface area contributed by atoms with E-state index >= 15 is 0 Å². The van der Waals surface area contributed by atoms with E-state index in [4.69, 9.17) is 4.74 Å². The molecule has 2 aliphatic rings. The van der Waals surface area contributed by atoms with Gasteiger partial charge in [0.15, 0.2) is 0 Å². The lowest BCUT2D eigenvalue weighted by Crippen LogP contribution is -2.49. The Kier molecular flexibility index (Phi) is 4.92. The van der Waals surface area contributed by atoms with Gasteiger partial charge in [-0.1, -0.05) is 6.92 Å². The molecule has 2 aromatic heterocycles. The van der Waals surface area contributed by atoms with E-state index in [1.807, 2.05) is 12.1 Å². The summed E-state index contributed by atoms with van der Waals surface area (Å²) in [4.78, 5) is 14.3. The molecule has 8 heteroatoms. The molecule has 2 saturated heterocycles. The van der Waals surface area contributed by atoms with Crippen molar-refractivity contribution in [3.8, 4) is 11.4 Å². The number of halogens is 3. The van der Waals surface area contributed by atoms with Gasteiger partial charge in [0.25, 0.3) is 0 Å². The van der Waals surface area contributed by atoms with Crippen LogP contribution in [0.15, 0.2) is 36.5 Å². The smallest absolute Gasteiger partial charge is 0.375 e. The number of ether oxygens (including phenoxy) is 1. The van der Waals surface area contributed by atoms with Gasteiger partial charge < -0.3 is 14.6 Å². The average molecular weight is 430 g/mol. The second-order valence-corrected chi connectivity index (χ2v) is 8.84. The molecule has 0 bridgehead atoms. The summed E-state index contributed by atoms with van der Waals surface area (Å²) >= 11 is 0. The largest absolute Gasteiger partial charge is 0.416 e. The quantitative estimate of drug-likeness (QED) is 0.589. The second kappa shape index (κ2) is 7.51. The fraction of sp³-hybridized carbons (Fsp3) is 0.478. The summed E-state index contributed by atoms with van der Waals surface area (Å²) in [6.07, 6.45) is 1.64. The third-order valence-electron chi connectivity index (χ3n) is 6.57. The minimum absolute atomic E-state index is 0.0254. The van der Waals surface area contributed by atoms with Crippen molar-refractivity contribution >= 4 is 16.9 Å². The van der Waals surface area contributed by atoms with Crippen molar-refractivity contribution in [3.05, 3.63) is 42.1 Å². The van der Waals surface area contributed by atoms with Crippen LogP contribution in [0.5, 0.6) is 0 Å². The number of piperidine rings is 1. The molecule has 1 aromatic carbocycles. The third kappa shape index (κ3) is 4.01. The zero-order chi connectivity index (χ0) is 21.6. The van der Waals surface area contributed by atoms with Crippen LogP contribution in [0.3, 0.4) is 0 Å². The summed E-state index contributed by atoms with van der Waals surface area (Å²) in [5.41, 5.74) is 0.929. The molecule has 2 aliphatic heterocycles. The number of hydrogen-bond acceptors (Lipinski definition) is 4. The van der Waals surface area contributed by atoms with Crippen LogP contribution in [0, 0.1) is 5.92 Å². The SMILES string of the molecule is CC1CCOC2(CCN(c3ccc(-c4nc5ccc(C(F)(F)F)cc5[nH]4)cn3)CC2)C1. The number of nitrogens with one attached hydrogen (secondary N) is 1. The van der Waals surface area contributed by atoms with E-state index < -0.39 is 11.7 Å². The predicted octanol–water partition coefficient (Wildman–Crippen LogP) is 5.43. The molecule has 164 valence electrons. The Balaban J connectivity index is 1.30. The molecule has 2 fully saturated rings. The lowest BCUT2D eigenvalue weighted by molar-refractivity contribution is -0.137. The lowest BCUT2D eigenvalue weighted by Gasteiger charge is -2.46. The molecule has 5 rings (SSSR count). The molecular formula is C23H25F3N4O. The van der Waals surface area contributed by atoms with E-state index in [-0.39, 0.29) is 5.60 Å². The van der Waals surface area contributed by atoms with E-state index in [0.717, 1.165) is 68.9 Å². The van der Waals surface area contributed by atoms with E-state index in [2.05, 4.69) is 26.8 Å². The van der Waals surface area contributed by atoms with Crippen LogP contribution in [-0.4, -0.2) is 40.2 Å². The number of fused-ring (bicyclic) bond motifs is 1. The van der Waals surface area contributed by atoms with Crippen molar-refractivity contribution in [1.82, 2.24) is 15.0 Å². The average Bonchev–Trinajstić information content (AvgIpc) is 3.17. The van der Waals surface area contributed by atoms with Gasteiger partial charge in [-0.05, 0) is 61.9 Å². The third-order valence-corrected chi connectivity index (χ3v) is 6.57. The first-order valence-electron chi connectivity index (χ1n) is 10.7. The number of rotatable bonds is 2. The first-order chi connectivity index (χ1) is 14.8. The number of H-pyrrole nitrogens is 1. The zero-order valence-corrected chi connectivity index (χ0v) is 17.4. The van der Waals surface area contributed by atoms with Gasteiger partial charge in [0.2, 0.25) is 0 Å². The van der Waals surface area contributed by atoms with Gasteiger partial charge in [0, 0.05) is 31.5 Å². The molecule has 0 aliphatic carbocycles. The molecule has 3 aromatic rings. The monoisotopic (exact) mass is 430 g/mol. The Morgan fingerprint density at radius 3 is 2.65 bits per heavy atom. The van der Waals surface area contributed by atoms with E-state index in [1.54, 1.807) is 6.20 Å². The number of nitrogens with zero attached hydrogens (tertiary/aromatic N) is 3. The van der Waals surface area contributed by atoms with Crippen molar-refractivity contribution < 1.29 is 17.9 Å². The molecular weight excluding hydrogens is 405 g/mol. The van der Waals surface area contributed by atoms with Crippen LogP contribution in [0.25, 0.3) is 22.4 Å². The molecule has 1 spiro atoms. The zero-order valence-electron chi connectivity index (χ0n) is 17.4. The van der Waals surface area contributed by atoms with Crippen molar-refractivity contribution in [2.45, 2.75) is 44.4 Å². The molecule has 0 amide bonds. The highest BCUT2D eigenvalue weighted by Crippen LogP contribution is 2.38. The summed E-state index contributed by atoms with van der Waals surface area (Å²) in [5.74, 6) is 2.13. The number of pyridine rings is 1. The summed E-state index contributed by atoms with van der Waals surface area (Å²) in [6, 6.07) is 7.39. The standard InChI is InChI=1S/C23H25F3N4O/c1-15-6-11-31-22(13-15)7-9-30(10-8-22)20-5-2-16(14-27-20)21-28-18-4-3-17(23(24,25)26)12-19(18)29-21/h2-5,12,14-15H,6-11,13H2,1H3,(H,28,29). The number of anilines is 1. The normalized spacial score (nSPS) is 21.7. The number of hydrogen-bond donors (Lipinski definition) is 1. The highest BCUT2D eigenvalue weighted by Gasteiger charge is 2.39. The van der Waals surface area contributed by atoms with Crippen LogP contribution in [0.4, 0.5) is 19.0 Å². The highest BCUT2D eigenvalue weighted by molar-refractivity contribution is 5.80. The van der Waals surface area contributed by atoms with Gasteiger partial charge in [0.1, 0.15) is 11.6 Å². The second-order valence-electron chi connectivity index (χ2n) is 8.84. The molecule has 1 N–H and O–H groups in total. The Hall–Kier alpha value is -2.61. The number of alkyl halides is 3. The highest BCUT2D eigenvalue weighted by atomic mass is 19.4. The Labute approximate surface area is 178 Å². The summed E-state index contributed by atoms with van der Waals surface area (Å²) in [6.45, 7) is 4.98. The number of aromatic nitrogens is 3. The molecule has 0 radical (unpaired) electrons. The fourth-order valence-electron chi connectivity index (χ4n) is 4.80. The molecule has 1 unspecified atom stereocenters. The number of imidazole rings is 1. The van der Waals surface area contributed by atoms with E-state index in [0.29, 0.717) is 22.8 Å². The Bertz CT molecular complexity index is 1070.